The zero-order chi connectivity index (χ0) is 20.4. The van der Waals surface area contributed by atoms with Crippen molar-refractivity contribution in [2.24, 2.45) is 0 Å². The molecule has 0 saturated heterocycles. The molecule has 9 nitrogen and oxygen atoms in total. The van der Waals surface area contributed by atoms with E-state index in [0.29, 0.717) is 36.1 Å². The SMILES string of the molecule is CSc1cc2c(cc1NC(=O)c1ccc(-n3ccnc3)c([N+](=O)[O-])c1)OCCO2. The van der Waals surface area contributed by atoms with E-state index in [1.165, 1.54) is 47.1 Å². The van der Waals surface area contributed by atoms with Crippen LogP contribution in [0.2, 0.25) is 0 Å². The minimum atomic E-state index is -0.524. The predicted molar refractivity (Wildman–Crippen MR) is 107 cm³/mol. The molecule has 2 heterocycles. The molecule has 0 fully saturated rings. The van der Waals surface area contributed by atoms with Crippen LogP contribution in [0.3, 0.4) is 0 Å². The number of ether oxygens (including phenoxy) is 2. The molecule has 1 amide bonds. The third kappa shape index (κ3) is 3.74. The number of thioether (sulfide) groups is 1. The summed E-state index contributed by atoms with van der Waals surface area (Å²) >= 11 is 1.45. The van der Waals surface area contributed by atoms with Gasteiger partial charge in [-0.25, -0.2) is 4.98 Å². The predicted octanol–water partition coefficient (Wildman–Crippen LogP) is 3.53. The maximum Gasteiger partial charge on any atom is 0.294 e. The van der Waals surface area contributed by atoms with Gasteiger partial charge in [0.15, 0.2) is 11.5 Å². The first-order chi connectivity index (χ1) is 14.1. The van der Waals surface area contributed by atoms with Crippen molar-refractivity contribution < 1.29 is 19.2 Å². The number of nitro benzene ring substituents is 1. The Hall–Kier alpha value is -3.53. The molecule has 0 unspecified atom stereocenters. The Bertz CT molecular complexity index is 1080. The Labute approximate surface area is 169 Å². The van der Waals surface area contributed by atoms with E-state index in [-0.39, 0.29) is 11.3 Å². The van der Waals surface area contributed by atoms with Crippen molar-refractivity contribution in [2.75, 3.05) is 24.8 Å². The molecule has 1 aliphatic rings. The van der Waals surface area contributed by atoms with Gasteiger partial charge in [0.05, 0.1) is 16.9 Å². The maximum atomic E-state index is 12.8. The number of fused-ring (bicyclic) bond motifs is 1. The number of anilines is 1. The maximum absolute atomic E-state index is 12.8. The number of hydrogen-bond acceptors (Lipinski definition) is 7. The summed E-state index contributed by atoms with van der Waals surface area (Å²) in [6.07, 6.45) is 6.46. The molecule has 0 spiro atoms. The van der Waals surface area contributed by atoms with Crippen LogP contribution in [0.25, 0.3) is 5.69 Å². The molecule has 3 aromatic rings. The number of benzene rings is 2. The quantitative estimate of drug-likeness (QED) is 0.388. The average Bonchev–Trinajstić information content (AvgIpc) is 3.27. The van der Waals surface area contributed by atoms with Crippen molar-refractivity contribution in [2.45, 2.75) is 4.90 Å². The van der Waals surface area contributed by atoms with E-state index in [1.807, 2.05) is 6.26 Å². The van der Waals surface area contributed by atoms with Crippen LogP contribution in [-0.2, 0) is 0 Å². The van der Waals surface area contributed by atoms with Crippen LogP contribution >= 0.6 is 11.8 Å². The lowest BCUT2D eigenvalue weighted by Gasteiger charge is -2.21. The minimum absolute atomic E-state index is 0.169. The van der Waals surface area contributed by atoms with Crippen LogP contribution in [-0.4, -0.2) is 39.9 Å². The van der Waals surface area contributed by atoms with E-state index in [4.69, 9.17) is 9.47 Å². The lowest BCUT2D eigenvalue weighted by atomic mass is 10.1. The molecule has 148 valence electrons. The van der Waals surface area contributed by atoms with Gasteiger partial charge in [-0.15, -0.1) is 11.8 Å². The number of rotatable bonds is 5. The van der Waals surface area contributed by atoms with Crippen molar-refractivity contribution in [3.63, 3.8) is 0 Å². The standard InChI is InChI=1S/C19H16N4O5S/c1-29-18-10-17-16(27-6-7-28-17)9-13(18)21-19(24)12-2-3-14(15(8-12)23(25)26)22-5-4-20-11-22/h2-5,8-11H,6-7H2,1H3,(H,21,24). The lowest BCUT2D eigenvalue weighted by molar-refractivity contribution is -0.384. The lowest BCUT2D eigenvalue weighted by Crippen LogP contribution is -2.17. The second-order valence-corrected chi connectivity index (χ2v) is 6.93. The molecular weight excluding hydrogens is 396 g/mol. The number of nitrogens with one attached hydrogen (secondary N) is 1. The van der Waals surface area contributed by atoms with Gasteiger partial charge in [0.2, 0.25) is 0 Å². The number of imidazole rings is 1. The van der Waals surface area contributed by atoms with E-state index in [0.717, 1.165) is 4.90 Å². The number of nitro groups is 1. The largest absolute Gasteiger partial charge is 0.486 e. The van der Waals surface area contributed by atoms with Crippen molar-refractivity contribution in [1.82, 2.24) is 9.55 Å². The molecule has 0 bridgehead atoms. The molecular formula is C19H16N4O5S. The van der Waals surface area contributed by atoms with E-state index < -0.39 is 10.8 Å². The molecule has 0 atom stereocenters. The summed E-state index contributed by atoms with van der Waals surface area (Å²) in [5.41, 5.74) is 0.853. The monoisotopic (exact) mass is 412 g/mol. The highest BCUT2D eigenvalue weighted by molar-refractivity contribution is 7.98. The molecule has 1 N–H and O–H groups in total. The highest BCUT2D eigenvalue weighted by atomic mass is 32.2. The number of aromatic nitrogens is 2. The van der Waals surface area contributed by atoms with Gasteiger partial charge < -0.3 is 19.4 Å². The van der Waals surface area contributed by atoms with Gasteiger partial charge in [-0.2, -0.15) is 0 Å². The molecule has 1 aliphatic heterocycles. The van der Waals surface area contributed by atoms with Gasteiger partial charge in [-0.05, 0) is 24.5 Å². The molecule has 0 aliphatic carbocycles. The second kappa shape index (κ2) is 7.84. The summed E-state index contributed by atoms with van der Waals surface area (Å²) in [5, 5.41) is 14.3. The van der Waals surface area contributed by atoms with Gasteiger partial charge >= 0.3 is 0 Å². The first-order valence-electron chi connectivity index (χ1n) is 8.62. The van der Waals surface area contributed by atoms with Crippen molar-refractivity contribution >= 4 is 29.0 Å². The van der Waals surface area contributed by atoms with Crippen LogP contribution in [0.15, 0.2) is 53.9 Å². The van der Waals surface area contributed by atoms with Crippen molar-refractivity contribution in [1.29, 1.82) is 0 Å². The summed E-state index contributed by atoms with van der Waals surface area (Å²) < 4.78 is 12.7. The highest BCUT2D eigenvalue weighted by Crippen LogP contribution is 2.39. The summed E-state index contributed by atoms with van der Waals surface area (Å²) in [6.45, 7) is 0.903. The molecule has 1 aromatic heterocycles. The fourth-order valence-corrected chi connectivity index (χ4v) is 3.52. The fraction of sp³-hybridized carbons (Fsp3) is 0.158. The number of nitrogens with zero attached hydrogens (tertiary/aromatic N) is 3. The Morgan fingerprint density at radius 3 is 2.66 bits per heavy atom. The number of hydrogen-bond donors (Lipinski definition) is 1. The van der Waals surface area contributed by atoms with Crippen LogP contribution in [0, 0.1) is 10.1 Å². The van der Waals surface area contributed by atoms with Crippen LogP contribution in [0.4, 0.5) is 11.4 Å². The van der Waals surface area contributed by atoms with Crippen LogP contribution in [0.1, 0.15) is 10.4 Å². The number of carbonyl (C=O) groups is 1. The van der Waals surface area contributed by atoms with Gasteiger partial charge in [0.1, 0.15) is 18.9 Å². The Balaban J connectivity index is 1.65. The third-order valence-corrected chi connectivity index (χ3v) is 5.11. The first kappa shape index (κ1) is 18.8. The Morgan fingerprint density at radius 2 is 2.00 bits per heavy atom. The Morgan fingerprint density at radius 1 is 1.24 bits per heavy atom. The summed E-state index contributed by atoms with van der Waals surface area (Å²) in [6, 6.07) is 7.82. The van der Waals surface area contributed by atoms with Gasteiger partial charge in [-0.1, -0.05) is 0 Å². The summed E-state index contributed by atoms with van der Waals surface area (Å²) in [7, 11) is 0. The fourth-order valence-electron chi connectivity index (χ4n) is 2.96. The second-order valence-electron chi connectivity index (χ2n) is 6.08. The number of amides is 1. The van der Waals surface area contributed by atoms with E-state index in [2.05, 4.69) is 10.3 Å². The zero-order valence-electron chi connectivity index (χ0n) is 15.3. The molecule has 2 aromatic carbocycles. The van der Waals surface area contributed by atoms with Gasteiger partial charge in [0.25, 0.3) is 11.6 Å². The van der Waals surface area contributed by atoms with Crippen LogP contribution < -0.4 is 14.8 Å². The van der Waals surface area contributed by atoms with Gasteiger partial charge in [0, 0.05) is 35.0 Å². The van der Waals surface area contributed by atoms with Crippen molar-refractivity contribution in [3.05, 3.63) is 64.7 Å². The molecule has 4 rings (SSSR count). The minimum Gasteiger partial charge on any atom is -0.486 e. The molecule has 29 heavy (non-hydrogen) atoms. The normalized spacial score (nSPS) is 12.4. The zero-order valence-corrected chi connectivity index (χ0v) is 16.1. The molecule has 0 saturated carbocycles. The van der Waals surface area contributed by atoms with E-state index >= 15 is 0 Å². The summed E-state index contributed by atoms with van der Waals surface area (Å²) in [4.78, 5) is 28.5. The van der Waals surface area contributed by atoms with Crippen LogP contribution in [0.5, 0.6) is 11.5 Å². The van der Waals surface area contributed by atoms with E-state index in [9.17, 15) is 14.9 Å². The van der Waals surface area contributed by atoms with Gasteiger partial charge in [-0.3, -0.25) is 14.9 Å². The third-order valence-electron chi connectivity index (χ3n) is 4.33. The average molecular weight is 412 g/mol. The summed E-state index contributed by atoms with van der Waals surface area (Å²) in [5.74, 6) is 0.710. The van der Waals surface area contributed by atoms with Crippen molar-refractivity contribution in [3.8, 4) is 17.2 Å². The smallest absolute Gasteiger partial charge is 0.294 e. The van der Waals surface area contributed by atoms with E-state index in [1.54, 1.807) is 18.3 Å². The Kier molecular flexibility index (Phi) is 5.09. The highest BCUT2D eigenvalue weighted by Gasteiger charge is 2.21. The topological polar surface area (TPSA) is 109 Å². The molecule has 0 radical (unpaired) electrons. The molecule has 10 heteroatoms. The number of carbonyl (C=O) groups excluding carboxylic acids is 1. The first-order valence-corrected chi connectivity index (χ1v) is 9.85.